The predicted octanol–water partition coefficient (Wildman–Crippen LogP) is 2.78. The molecule has 2 aromatic rings. The van der Waals surface area contributed by atoms with Crippen LogP contribution in [0.25, 0.3) is 0 Å². The Kier molecular flexibility index (Phi) is 4.70. The summed E-state index contributed by atoms with van der Waals surface area (Å²) in [4.78, 5) is -0.0301. The van der Waals surface area contributed by atoms with Gasteiger partial charge in [0.15, 0.2) is 0 Å². The van der Waals surface area contributed by atoms with Gasteiger partial charge in [0.05, 0.1) is 22.0 Å². The fourth-order valence-electron chi connectivity index (χ4n) is 2.92. The maximum atomic E-state index is 13.2. The Morgan fingerprint density at radius 2 is 1.81 bits per heavy atom. The summed E-state index contributed by atoms with van der Waals surface area (Å²) in [7, 11) is -7.30. The third kappa shape index (κ3) is 3.54. The van der Waals surface area contributed by atoms with Crippen molar-refractivity contribution in [3.05, 3.63) is 53.3 Å². The molecule has 2 aromatic carbocycles. The number of hydrogen-bond donors (Lipinski definition) is 1. The second-order valence-electron chi connectivity index (χ2n) is 6.26. The zero-order valence-corrected chi connectivity index (χ0v) is 16.0. The van der Waals surface area contributed by atoms with Gasteiger partial charge in [0.2, 0.25) is 10.0 Å². The Morgan fingerprint density at radius 1 is 1.08 bits per heavy atom. The zero-order valence-electron chi connectivity index (χ0n) is 14.4. The highest BCUT2D eigenvalue weighted by Crippen LogP contribution is 2.30. The monoisotopic (exact) mass is 398 g/mol. The highest BCUT2D eigenvalue weighted by molar-refractivity contribution is 7.93. The first kappa shape index (κ1) is 18.7. The summed E-state index contributed by atoms with van der Waals surface area (Å²) >= 11 is 0. The topological polar surface area (TPSA) is 83.6 Å². The molecule has 1 saturated heterocycles. The van der Waals surface area contributed by atoms with E-state index in [0.29, 0.717) is 24.2 Å². The van der Waals surface area contributed by atoms with Crippen molar-refractivity contribution in [2.75, 3.05) is 21.3 Å². The first-order valence-corrected chi connectivity index (χ1v) is 11.1. The molecular formula is C17H19FN2O4S2. The molecule has 0 spiro atoms. The van der Waals surface area contributed by atoms with E-state index in [9.17, 15) is 21.2 Å². The molecule has 9 heteroatoms. The maximum Gasteiger partial charge on any atom is 0.262 e. The number of rotatable bonds is 4. The average molecular weight is 398 g/mol. The van der Waals surface area contributed by atoms with Crippen molar-refractivity contribution in [3.8, 4) is 0 Å². The van der Waals surface area contributed by atoms with E-state index in [-0.39, 0.29) is 21.9 Å². The van der Waals surface area contributed by atoms with Gasteiger partial charge in [-0.25, -0.2) is 21.2 Å². The highest BCUT2D eigenvalue weighted by atomic mass is 32.2. The molecular weight excluding hydrogens is 379 g/mol. The molecule has 0 aromatic heterocycles. The molecule has 0 amide bonds. The van der Waals surface area contributed by atoms with E-state index >= 15 is 0 Å². The van der Waals surface area contributed by atoms with Crippen LogP contribution in [0.2, 0.25) is 0 Å². The number of hydrogen-bond acceptors (Lipinski definition) is 4. The minimum Gasteiger partial charge on any atom is -0.279 e. The smallest absolute Gasteiger partial charge is 0.262 e. The molecule has 0 unspecified atom stereocenters. The summed E-state index contributed by atoms with van der Waals surface area (Å²) in [5.41, 5.74) is 1.64. The lowest BCUT2D eigenvalue weighted by Gasteiger charge is -2.19. The lowest BCUT2D eigenvalue weighted by Crippen LogP contribution is -2.25. The Balaban J connectivity index is 1.98. The van der Waals surface area contributed by atoms with Crippen LogP contribution in [-0.2, 0) is 20.0 Å². The molecule has 0 aliphatic carbocycles. The summed E-state index contributed by atoms with van der Waals surface area (Å²) in [6.45, 7) is 3.60. The molecule has 3 rings (SSSR count). The molecule has 0 atom stereocenters. The number of nitrogens with one attached hydrogen (secondary N) is 1. The first-order valence-electron chi connectivity index (χ1n) is 8.00. The third-order valence-corrected chi connectivity index (χ3v) is 7.67. The van der Waals surface area contributed by atoms with Crippen LogP contribution in [0.4, 0.5) is 15.8 Å². The molecule has 1 fully saturated rings. The SMILES string of the molecule is Cc1ccc(N2CCCS2(=O)=O)cc1NS(=O)(=O)c1ccc(F)cc1C. The predicted molar refractivity (Wildman–Crippen MR) is 98.9 cm³/mol. The second kappa shape index (κ2) is 6.55. The van der Waals surface area contributed by atoms with Gasteiger partial charge in [-0.3, -0.25) is 9.03 Å². The first-order chi connectivity index (χ1) is 12.1. The molecule has 140 valence electrons. The van der Waals surface area contributed by atoms with Gasteiger partial charge in [-0.05, 0) is 61.7 Å². The quantitative estimate of drug-likeness (QED) is 0.858. The normalized spacial score (nSPS) is 16.7. The average Bonchev–Trinajstić information content (AvgIpc) is 2.88. The van der Waals surface area contributed by atoms with E-state index in [2.05, 4.69) is 4.72 Å². The van der Waals surface area contributed by atoms with Crippen molar-refractivity contribution in [2.45, 2.75) is 25.2 Å². The molecule has 1 heterocycles. The fraction of sp³-hybridized carbons (Fsp3) is 0.294. The molecule has 6 nitrogen and oxygen atoms in total. The minimum atomic E-state index is -3.94. The van der Waals surface area contributed by atoms with Crippen molar-refractivity contribution in [2.24, 2.45) is 0 Å². The molecule has 1 aliphatic rings. The van der Waals surface area contributed by atoms with E-state index in [4.69, 9.17) is 0 Å². The number of benzene rings is 2. The Hall–Kier alpha value is -2.13. The van der Waals surface area contributed by atoms with Crippen molar-refractivity contribution >= 4 is 31.4 Å². The Labute approximate surface area is 152 Å². The summed E-state index contributed by atoms with van der Waals surface area (Å²) in [6.07, 6.45) is 0.534. The van der Waals surface area contributed by atoms with Crippen LogP contribution in [0.15, 0.2) is 41.3 Å². The Bertz CT molecular complexity index is 1070. The van der Waals surface area contributed by atoms with Gasteiger partial charge in [-0.1, -0.05) is 6.07 Å². The maximum absolute atomic E-state index is 13.2. The van der Waals surface area contributed by atoms with Crippen molar-refractivity contribution in [1.82, 2.24) is 0 Å². The van der Waals surface area contributed by atoms with Gasteiger partial charge >= 0.3 is 0 Å². The molecule has 1 N–H and O–H groups in total. The lowest BCUT2D eigenvalue weighted by molar-refractivity contribution is 0.597. The summed E-state index contributed by atoms with van der Waals surface area (Å²) in [5.74, 6) is -0.435. The van der Waals surface area contributed by atoms with E-state index < -0.39 is 25.9 Å². The third-order valence-electron chi connectivity index (χ3n) is 4.28. The molecule has 1 aliphatic heterocycles. The Morgan fingerprint density at radius 3 is 2.42 bits per heavy atom. The van der Waals surface area contributed by atoms with Gasteiger partial charge < -0.3 is 0 Å². The zero-order chi connectivity index (χ0) is 19.1. The van der Waals surface area contributed by atoms with E-state index in [1.807, 2.05) is 0 Å². The van der Waals surface area contributed by atoms with Gasteiger partial charge in [0.1, 0.15) is 5.82 Å². The largest absolute Gasteiger partial charge is 0.279 e. The number of aryl methyl sites for hydroxylation is 2. The summed E-state index contributed by atoms with van der Waals surface area (Å²) in [5, 5.41) is 0. The summed E-state index contributed by atoms with van der Waals surface area (Å²) < 4.78 is 66.6. The fourth-order valence-corrected chi connectivity index (χ4v) is 5.82. The number of sulfonamides is 2. The number of halogens is 1. The van der Waals surface area contributed by atoms with Crippen LogP contribution >= 0.6 is 0 Å². The van der Waals surface area contributed by atoms with Gasteiger partial charge in [0, 0.05) is 6.54 Å². The number of anilines is 2. The lowest BCUT2D eigenvalue weighted by atomic mass is 10.2. The van der Waals surface area contributed by atoms with Gasteiger partial charge in [-0.15, -0.1) is 0 Å². The van der Waals surface area contributed by atoms with E-state index in [0.717, 1.165) is 12.1 Å². The van der Waals surface area contributed by atoms with Crippen molar-refractivity contribution in [3.63, 3.8) is 0 Å². The van der Waals surface area contributed by atoms with Gasteiger partial charge in [0.25, 0.3) is 10.0 Å². The van der Waals surface area contributed by atoms with Crippen LogP contribution in [0.1, 0.15) is 17.5 Å². The van der Waals surface area contributed by atoms with Gasteiger partial charge in [-0.2, -0.15) is 0 Å². The molecule has 0 radical (unpaired) electrons. The van der Waals surface area contributed by atoms with E-state index in [1.54, 1.807) is 19.1 Å². The van der Waals surface area contributed by atoms with Crippen LogP contribution < -0.4 is 9.03 Å². The minimum absolute atomic E-state index is 0.0301. The van der Waals surface area contributed by atoms with Crippen LogP contribution in [-0.4, -0.2) is 29.1 Å². The standard InChI is InChI=1S/C17H19FN2O4S2/c1-12-4-6-15(20-8-3-9-25(20,21)22)11-16(12)19-26(23,24)17-7-5-14(18)10-13(17)2/h4-7,10-11,19H,3,8-9H2,1-2H3. The van der Waals surface area contributed by atoms with Crippen molar-refractivity contribution in [1.29, 1.82) is 0 Å². The molecule has 0 saturated carbocycles. The highest BCUT2D eigenvalue weighted by Gasteiger charge is 2.29. The second-order valence-corrected chi connectivity index (χ2v) is 9.92. The molecule has 26 heavy (non-hydrogen) atoms. The number of nitrogens with zero attached hydrogens (tertiary/aromatic N) is 1. The van der Waals surface area contributed by atoms with Crippen LogP contribution in [0.5, 0.6) is 0 Å². The van der Waals surface area contributed by atoms with Crippen LogP contribution in [0.3, 0.4) is 0 Å². The van der Waals surface area contributed by atoms with E-state index in [1.165, 1.54) is 23.4 Å². The molecule has 0 bridgehead atoms. The van der Waals surface area contributed by atoms with Crippen molar-refractivity contribution < 1.29 is 21.2 Å². The van der Waals surface area contributed by atoms with Crippen LogP contribution in [0, 0.1) is 19.7 Å². The summed E-state index contributed by atoms with van der Waals surface area (Å²) in [6, 6.07) is 8.26.